The standard InChI is InChI=1S/C24H27F3N2O/c1-15-10-18-14-29(20-7-5-19(25)6-8-20)9-3-4-21(18)16(2)23(15)28-22(30)11-17-12-24(26,27)13-17/h5-8,10,17H,3-4,9,11-14H2,1-2H3,(H,28,30). The van der Waals surface area contributed by atoms with Crippen molar-refractivity contribution in [1.29, 1.82) is 0 Å². The largest absolute Gasteiger partial charge is 0.367 e. The van der Waals surface area contributed by atoms with E-state index in [0.717, 1.165) is 48.4 Å². The van der Waals surface area contributed by atoms with Crippen molar-refractivity contribution in [2.75, 3.05) is 16.8 Å². The molecule has 0 unspecified atom stereocenters. The Balaban J connectivity index is 1.51. The molecule has 2 aromatic rings. The molecule has 1 saturated carbocycles. The second-order valence-electron chi connectivity index (χ2n) is 8.72. The van der Waals surface area contributed by atoms with Crippen molar-refractivity contribution < 1.29 is 18.0 Å². The number of carbonyl (C=O) groups excluding carboxylic acids is 1. The number of carbonyl (C=O) groups is 1. The summed E-state index contributed by atoms with van der Waals surface area (Å²) < 4.78 is 39.4. The summed E-state index contributed by atoms with van der Waals surface area (Å²) in [5.41, 5.74) is 6.27. The van der Waals surface area contributed by atoms with Gasteiger partial charge in [0.15, 0.2) is 0 Å². The molecule has 0 saturated heterocycles. The van der Waals surface area contributed by atoms with Gasteiger partial charge in [-0.2, -0.15) is 0 Å². The van der Waals surface area contributed by atoms with Crippen LogP contribution in [-0.4, -0.2) is 18.4 Å². The average molecular weight is 416 g/mol. The van der Waals surface area contributed by atoms with E-state index < -0.39 is 5.92 Å². The van der Waals surface area contributed by atoms with Gasteiger partial charge in [0.25, 0.3) is 0 Å². The van der Waals surface area contributed by atoms with Crippen LogP contribution in [0.15, 0.2) is 30.3 Å². The first-order chi connectivity index (χ1) is 14.2. The first-order valence-corrected chi connectivity index (χ1v) is 10.5. The van der Waals surface area contributed by atoms with Gasteiger partial charge in [-0.15, -0.1) is 0 Å². The smallest absolute Gasteiger partial charge is 0.248 e. The molecule has 1 heterocycles. The highest BCUT2D eigenvalue weighted by Crippen LogP contribution is 2.44. The number of rotatable bonds is 4. The van der Waals surface area contributed by atoms with Crippen LogP contribution in [0.5, 0.6) is 0 Å². The van der Waals surface area contributed by atoms with Crippen molar-refractivity contribution in [2.45, 2.75) is 58.4 Å². The topological polar surface area (TPSA) is 32.3 Å². The first-order valence-electron chi connectivity index (χ1n) is 10.5. The number of amides is 1. The number of benzene rings is 2. The molecule has 0 atom stereocenters. The number of nitrogens with zero attached hydrogens (tertiary/aromatic N) is 1. The average Bonchev–Trinajstić information content (AvgIpc) is 2.87. The Morgan fingerprint density at radius 3 is 2.57 bits per heavy atom. The second kappa shape index (κ2) is 7.97. The number of hydrogen-bond acceptors (Lipinski definition) is 2. The van der Waals surface area contributed by atoms with Gasteiger partial charge in [-0.3, -0.25) is 4.79 Å². The maximum absolute atomic E-state index is 13.3. The Kier molecular flexibility index (Phi) is 5.51. The number of anilines is 2. The Hall–Kier alpha value is -2.50. The highest BCUT2D eigenvalue weighted by molar-refractivity contribution is 5.93. The van der Waals surface area contributed by atoms with Crippen LogP contribution in [0.2, 0.25) is 0 Å². The number of aryl methyl sites for hydroxylation is 1. The van der Waals surface area contributed by atoms with E-state index in [1.165, 1.54) is 23.3 Å². The minimum Gasteiger partial charge on any atom is -0.367 e. The summed E-state index contributed by atoms with van der Waals surface area (Å²) in [7, 11) is 0. The summed E-state index contributed by atoms with van der Waals surface area (Å²) in [6, 6.07) is 8.68. The van der Waals surface area contributed by atoms with Gasteiger partial charge in [0.05, 0.1) is 0 Å². The van der Waals surface area contributed by atoms with Gasteiger partial charge in [-0.05, 0) is 79.1 Å². The number of hydrogen-bond donors (Lipinski definition) is 1. The van der Waals surface area contributed by atoms with Crippen LogP contribution >= 0.6 is 0 Å². The molecule has 1 fully saturated rings. The highest BCUT2D eigenvalue weighted by atomic mass is 19.3. The van der Waals surface area contributed by atoms with E-state index in [9.17, 15) is 18.0 Å². The zero-order chi connectivity index (χ0) is 21.5. The lowest BCUT2D eigenvalue weighted by Gasteiger charge is -2.34. The molecule has 30 heavy (non-hydrogen) atoms. The molecular formula is C24H27F3N2O. The van der Waals surface area contributed by atoms with E-state index in [4.69, 9.17) is 0 Å². The lowest BCUT2D eigenvalue weighted by Crippen LogP contribution is -2.37. The van der Waals surface area contributed by atoms with E-state index in [1.807, 2.05) is 13.8 Å². The van der Waals surface area contributed by atoms with Gasteiger partial charge < -0.3 is 10.2 Å². The molecule has 0 aromatic heterocycles. The molecule has 0 radical (unpaired) electrons. The Morgan fingerprint density at radius 2 is 1.90 bits per heavy atom. The molecule has 2 aliphatic rings. The van der Waals surface area contributed by atoms with Crippen molar-refractivity contribution >= 4 is 17.3 Å². The normalized spacial score (nSPS) is 18.4. The summed E-state index contributed by atoms with van der Waals surface area (Å²) in [4.78, 5) is 14.7. The molecule has 1 aliphatic heterocycles. The number of alkyl halides is 2. The Labute approximate surface area is 175 Å². The van der Waals surface area contributed by atoms with Crippen LogP contribution in [0.4, 0.5) is 24.5 Å². The fourth-order valence-corrected chi connectivity index (χ4v) is 4.78. The fourth-order valence-electron chi connectivity index (χ4n) is 4.78. The van der Waals surface area contributed by atoms with Crippen molar-refractivity contribution in [1.82, 2.24) is 0 Å². The van der Waals surface area contributed by atoms with Crippen LogP contribution < -0.4 is 10.2 Å². The van der Waals surface area contributed by atoms with E-state index in [2.05, 4.69) is 16.3 Å². The molecule has 1 aliphatic carbocycles. The van der Waals surface area contributed by atoms with Crippen molar-refractivity contribution in [3.8, 4) is 0 Å². The van der Waals surface area contributed by atoms with Gasteiger partial charge in [0, 0.05) is 43.7 Å². The molecular weight excluding hydrogens is 389 g/mol. The van der Waals surface area contributed by atoms with Crippen LogP contribution in [-0.2, 0) is 17.8 Å². The van der Waals surface area contributed by atoms with Crippen LogP contribution in [0.3, 0.4) is 0 Å². The molecule has 1 N–H and O–H groups in total. The van der Waals surface area contributed by atoms with Crippen molar-refractivity contribution in [3.05, 3.63) is 58.4 Å². The molecule has 2 aromatic carbocycles. The third-order valence-corrected chi connectivity index (χ3v) is 6.32. The van der Waals surface area contributed by atoms with Gasteiger partial charge >= 0.3 is 0 Å². The molecule has 0 spiro atoms. The van der Waals surface area contributed by atoms with E-state index in [1.54, 1.807) is 12.1 Å². The van der Waals surface area contributed by atoms with Crippen molar-refractivity contribution in [3.63, 3.8) is 0 Å². The monoisotopic (exact) mass is 416 g/mol. The molecule has 6 heteroatoms. The minimum atomic E-state index is -2.60. The van der Waals surface area contributed by atoms with Gasteiger partial charge in [-0.1, -0.05) is 6.07 Å². The van der Waals surface area contributed by atoms with Gasteiger partial charge in [0.2, 0.25) is 11.8 Å². The lowest BCUT2D eigenvalue weighted by atomic mass is 9.79. The minimum absolute atomic E-state index is 0.143. The quantitative estimate of drug-likeness (QED) is 0.686. The third kappa shape index (κ3) is 4.32. The molecule has 4 rings (SSSR count). The lowest BCUT2D eigenvalue weighted by molar-refractivity contribution is -0.129. The predicted molar refractivity (Wildman–Crippen MR) is 113 cm³/mol. The highest BCUT2D eigenvalue weighted by Gasteiger charge is 2.45. The fraction of sp³-hybridized carbons (Fsp3) is 0.458. The molecule has 3 nitrogen and oxygen atoms in total. The maximum atomic E-state index is 13.3. The van der Waals surface area contributed by atoms with E-state index in [0.29, 0.717) is 0 Å². The van der Waals surface area contributed by atoms with Gasteiger partial charge in [0.1, 0.15) is 5.82 Å². The molecule has 160 valence electrons. The summed E-state index contributed by atoms with van der Waals surface area (Å²) in [5.74, 6) is -3.27. The van der Waals surface area contributed by atoms with E-state index >= 15 is 0 Å². The third-order valence-electron chi connectivity index (χ3n) is 6.32. The van der Waals surface area contributed by atoms with Crippen LogP contribution in [0, 0.1) is 25.6 Å². The Bertz CT molecular complexity index is 948. The summed E-state index contributed by atoms with van der Waals surface area (Å²) in [5, 5.41) is 2.99. The van der Waals surface area contributed by atoms with Crippen LogP contribution in [0.1, 0.15) is 47.9 Å². The SMILES string of the molecule is Cc1cc2c(c(C)c1NC(=O)CC1CC(F)(F)C1)CCCN(c1ccc(F)cc1)C2. The summed E-state index contributed by atoms with van der Waals surface area (Å²) in [6.07, 6.45) is 1.61. The number of halogens is 3. The molecule has 0 bridgehead atoms. The predicted octanol–water partition coefficient (Wildman–Crippen LogP) is 5.77. The number of nitrogens with one attached hydrogen (secondary N) is 1. The molecule has 1 amide bonds. The Morgan fingerprint density at radius 1 is 1.20 bits per heavy atom. The van der Waals surface area contributed by atoms with Gasteiger partial charge in [-0.25, -0.2) is 13.2 Å². The summed E-state index contributed by atoms with van der Waals surface area (Å²) in [6.45, 7) is 5.59. The second-order valence-corrected chi connectivity index (χ2v) is 8.72. The number of fused-ring (bicyclic) bond motifs is 1. The van der Waals surface area contributed by atoms with E-state index in [-0.39, 0.29) is 36.9 Å². The van der Waals surface area contributed by atoms with Crippen LogP contribution in [0.25, 0.3) is 0 Å². The summed E-state index contributed by atoms with van der Waals surface area (Å²) >= 11 is 0. The zero-order valence-electron chi connectivity index (χ0n) is 17.4. The van der Waals surface area contributed by atoms with Crippen molar-refractivity contribution in [2.24, 2.45) is 5.92 Å². The maximum Gasteiger partial charge on any atom is 0.248 e. The zero-order valence-corrected chi connectivity index (χ0v) is 17.4. The first kappa shape index (κ1) is 20.8.